The highest BCUT2D eigenvalue weighted by atomic mass is 16.7. The van der Waals surface area contributed by atoms with Gasteiger partial charge in [-0.15, -0.1) is 6.58 Å². The number of hydrogen-bond acceptors (Lipinski definition) is 13. The second kappa shape index (κ2) is 15.7. The first-order valence-electron chi connectivity index (χ1n) is 13.3. The number of carbonyl (C=O) groups is 6. The number of para-hydroxylation sites is 1. The third-order valence-electron chi connectivity index (χ3n) is 6.11. The molecule has 1 amide bonds. The van der Waals surface area contributed by atoms with Crippen LogP contribution in [-0.2, 0) is 63.6 Å². The molecule has 1 N–H and O–H groups in total. The Hall–Kier alpha value is -4.46. The molecule has 1 saturated heterocycles. The summed E-state index contributed by atoms with van der Waals surface area (Å²) in [6, 6.07) is 5.38. The second-order valence-corrected chi connectivity index (χ2v) is 9.63. The molecule has 43 heavy (non-hydrogen) atoms. The van der Waals surface area contributed by atoms with Gasteiger partial charge in [0.05, 0.1) is 19.6 Å². The molecule has 1 aromatic carbocycles. The molecule has 0 aliphatic carbocycles. The molecule has 0 bridgehead atoms. The first-order valence-corrected chi connectivity index (χ1v) is 13.3. The van der Waals surface area contributed by atoms with E-state index in [1.54, 1.807) is 30.3 Å². The average molecular weight is 608 g/mol. The van der Waals surface area contributed by atoms with Crippen molar-refractivity contribution >= 4 is 35.8 Å². The largest absolute Gasteiger partial charge is 0.464 e. The average Bonchev–Trinajstić information content (AvgIpc) is 2.91. The van der Waals surface area contributed by atoms with Gasteiger partial charge in [0.1, 0.15) is 24.6 Å². The van der Waals surface area contributed by atoms with Crippen LogP contribution in [-0.4, -0.2) is 85.7 Å². The van der Waals surface area contributed by atoms with Gasteiger partial charge < -0.3 is 38.5 Å². The number of nitrogens with one attached hydrogen (secondary N) is 1. The molecule has 236 valence electrons. The van der Waals surface area contributed by atoms with E-state index < -0.39 is 85.0 Å². The summed E-state index contributed by atoms with van der Waals surface area (Å²) < 4.78 is 39.0. The molecule has 0 spiro atoms. The van der Waals surface area contributed by atoms with Crippen LogP contribution in [0.5, 0.6) is 5.75 Å². The van der Waals surface area contributed by atoms with Crippen LogP contribution in [0, 0.1) is 0 Å². The van der Waals surface area contributed by atoms with E-state index in [1.807, 2.05) is 0 Å². The Morgan fingerprint density at radius 1 is 1.00 bits per heavy atom. The van der Waals surface area contributed by atoms with Crippen molar-refractivity contribution in [2.45, 2.75) is 83.7 Å². The minimum Gasteiger partial charge on any atom is -0.464 e. The third-order valence-corrected chi connectivity index (χ3v) is 6.11. The topological polar surface area (TPSA) is 179 Å². The Bertz CT molecular complexity index is 1210. The highest BCUT2D eigenvalue weighted by molar-refractivity contribution is 5.79. The molecule has 0 unspecified atom stereocenters. The molecule has 1 fully saturated rings. The van der Waals surface area contributed by atoms with Crippen LogP contribution in [0.25, 0.3) is 0 Å². The van der Waals surface area contributed by atoms with Crippen molar-refractivity contribution in [2.75, 3.05) is 13.7 Å². The second-order valence-electron chi connectivity index (χ2n) is 9.63. The number of carbonyl (C=O) groups excluding carboxylic acids is 6. The minimum absolute atomic E-state index is 0.187. The van der Waals surface area contributed by atoms with Crippen molar-refractivity contribution in [3.05, 3.63) is 42.5 Å². The van der Waals surface area contributed by atoms with E-state index in [4.69, 9.17) is 33.2 Å². The maximum Gasteiger partial charge on any atom is 0.379 e. The Balaban J connectivity index is 2.83. The summed E-state index contributed by atoms with van der Waals surface area (Å²) in [5, 5.41) is 2.60. The number of allylic oxidation sites excluding steroid dienone is 1. The van der Waals surface area contributed by atoms with Gasteiger partial charge in [-0.2, -0.15) is 0 Å². The Labute approximate surface area is 248 Å². The monoisotopic (exact) mass is 607 g/mol. The van der Waals surface area contributed by atoms with Gasteiger partial charge in [-0.1, -0.05) is 24.3 Å². The fourth-order valence-corrected chi connectivity index (χ4v) is 4.61. The zero-order chi connectivity index (χ0) is 32.3. The van der Waals surface area contributed by atoms with Gasteiger partial charge in [-0.25, -0.2) is 4.79 Å². The molecule has 2 rings (SSSR count). The van der Waals surface area contributed by atoms with Crippen molar-refractivity contribution in [3.8, 4) is 5.75 Å². The zero-order valence-corrected chi connectivity index (χ0v) is 24.9. The molecule has 1 aliphatic rings. The fourth-order valence-electron chi connectivity index (χ4n) is 4.61. The van der Waals surface area contributed by atoms with Gasteiger partial charge in [0.25, 0.3) is 0 Å². The van der Waals surface area contributed by atoms with Gasteiger partial charge in [-0.3, -0.25) is 24.0 Å². The summed E-state index contributed by atoms with van der Waals surface area (Å²) in [5.74, 6) is -7.09. The Morgan fingerprint density at radius 3 is 2.19 bits per heavy atom. The van der Waals surface area contributed by atoms with E-state index in [1.165, 1.54) is 6.92 Å². The smallest absolute Gasteiger partial charge is 0.379 e. The Morgan fingerprint density at radius 2 is 1.65 bits per heavy atom. The van der Waals surface area contributed by atoms with Crippen LogP contribution in [0.1, 0.15) is 46.6 Å². The summed E-state index contributed by atoms with van der Waals surface area (Å²) in [6.07, 6.45) is -4.64. The number of benzene rings is 1. The maximum atomic E-state index is 13.5. The maximum absolute atomic E-state index is 13.5. The molecule has 1 heterocycles. The third kappa shape index (κ3) is 9.81. The van der Waals surface area contributed by atoms with Crippen molar-refractivity contribution < 1.29 is 61.9 Å². The van der Waals surface area contributed by atoms with E-state index in [-0.39, 0.29) is 5.75 Å². The normalized spacial score (nSPS) is 22.5. The van der Waals surface area contributed by atoms with Crippen LogP contribution >= 0.6 is 0 Å². The molecule has 6 atom stereocenters. The molecular formula is C29H37NO13. The van der Waals surface area contributed by atoms with Crippen LogP contribution in [0.2, 0.25) is 0 Å². The highest BCUT2D eigenvalue weighted by Crippen LogP contribution is 2.38. The standard InChI is InChI=1S/C29H37NO13/c1-8-11-21-12-9-10-13-22(21)42-29(28(36)37-7)14-23(39-18(4)33)25(30-16(2)31)27(43-29)26(41-20(6)35)24(40-19(5)34)15-38-17(3)32/h8-10,12-13,23-27H,1,11,14-15H2,2-7H3,(H,30,31)/t23-,24+,25+,26+,27+,29+/m0/s1. The first kappa shape index (κ1) is 34.7. The zero-order valence-electron chi connectivity index (χ0n) is 24.9. The van der Waals surface area contributed by atoms with Crippen molar-refractivity contribution in [2.24, 2.45) is 0 Å². The summed E-state index contributed by atoms with van der Waals surface area (Å²) in [4.78, 5) is 74.2. The van der Waals surface area contributed by atoms with Gasteiger partial charge in [0.15, 0.2) is 12.2 Å². The lowest BCUT2D eigenvalue weighted by Gasteiger charge is -2.48. The lowest BCUT2D eigenvalue weighted by molar-refractivity contribution is -0.289. The number of methoxy groups -OCH3 is 1. The number of hydrogen-bond donors (Lipinski definition) is 1. The summed E-state index contributed by atoms with van der Waals surface area (Å²) >= 11 is 0. The lowest BCUT2D eigenvalue weighted by atomic mass is 9.87. The number of amides is 1. The number of ether oxygens (including phenoxy) is 7. The highest BCUT2D eigenvalue weighted by Gasteiger charge is 2.60. The molecule has 1 aliphatic heterocycles. The molecule has 0 saturated carbocycles. The van der Waals surface area contributed by atoms with Crippen molar-refractivity contribution in [1.29, 1.82) is 0 Å². The summed E-state index contributed by atoms with van der Waals surface area (Å²) in [5.41, 5.74) is 0.609. The van der Waals surface area contributed by atoms with Crippen LogP contribution < -0.4 is 10.1 Å². The molecule has 14 nitrogen and oxygen atoms in total. The minimum atomic E-state index is -2.35. The van der Waals surface area contributed by atoms with E-state index in [9.17, 15) is 28.8 Å². The van der Waals surface area contributed by atoms with Gasteiger partial charge >= 0.3 is 35.6 Å². The molecule has 14 heteroatoms. The van der Waals surface area contributed by atoms with E-state index in [0.717, 1.165) is 34.8 Å². The molecule has 0 aromatic heterocycles. The quantitative estimate of drug-likeness (QED) is 0.193. The first-order chi connectivity index (χ1) is 20.2. The lowest BCUT2D eigenvalue weighted by Crippen LogP contribution is -2.70. The predicted molar refractivity (Wildman–Crippen MR) is 146 cm³/mol. The van der Waals surface area contributed by atoms with Crippen LogP contribution in [0.3, 0.4) is 0 Å². The number of rotatable bonds is 13. The molecule has 0 radical (unpaired) electrons. The van der Waals surface area contributed by atoms with Crippen molar-refractivity contribution in [1.82, 2.24) is 5.32 Å². The van der Waals surface area contributed by atoms with Crippen molar-refractivity contribution in [3.63, 3.8) is 0 Å². The van der Waals surface area contributed by atoms with Gasteiger partial charge in [0.2, 0.25) is 5.91 Å². The summed E-state index contributed by atoms with van der Waals surface area (Å²) in [6.45, 7) is 8.64. The SMILES string of the molecule is C=CCc1ccccc1O[C@]1(C(=O)OC)C[C@H](OC(C)=O)[C@@H](NC(C)=O)[C@H]([C@H](OC(C)=O)[C@@H](COC(C)=O)OC(C)=O)O1. The van der Waals surface area contributed by atoms with E-state index in [2.05, 4.69) is 11.9 Å². The van der Waals surface area contributed by atoms with E-state index in [0.29, 0.717) is 12.0 Å². The van der Waals surface area contributed by atoms with Gasteiger partial charge in [-0.05, 0) is 18.1 Å². The predicted octanol–water partition coefficient (Wildman–Crippen LogP) is 1.32. The molecule has 1 aromatic rings. The molecular weight excluding hydrogens is 570 g/mol. The van der Waals surface area contributed by atoms with Gasteiger partial charge in [0, 0.05) is 34.6 Å². The van der Waals surface area contributed by atoms with Crippen LogP contribution in [0.4, 0.5) is 0 Å². The number of esters is 5. The van der Waals surface area contributed by atoms with Crippen LogP contribution in [0.15, 0.2) is 36.9 Å². The summed E-state index contributed by atoms with van der Waals surface area (Å²) in [7, 11) is 1.08. The Kier molecular flexibility index (Phi) is 12.7. The fraction of sp³-hybridized carbons (Fsp3) is 0.517. The van der Waals surface area contributed by atoms with E-state index >= 15 is 0 Å².